The van der Waals surface area contributed by atoms with Gasteiger partial charge in [-0.15, -0.1) is 0 Å². The van der Waals surface area contributed by atoms with Crippen molar-refractivity contribution in [3.63, 3.8) is 0 Å². The molecule has 0 aromatic heterocycles. The molecule has 0 radical (unpaired) electrons. The average molecular weight is 307 g/mol. The zero-order valence-electron chi connectivity index (χ0n) is 12.6. The van der Waals surface area contributed by atoms with Gasteiger partial charge in [-0.05, 0) is 43.5 Å². The number of carbonyl (C=O) groups excluding carboxylic acids is 1. The number of hydrogen-bond donors (Lipinski definition) is 2. The molecule has 22 heavy (non-hydrogen) atoms. The molecule has 2 atom stereocenters. The average Bonchev–Trinajstić information content (AvgIpc) is 2.99. The maximum atomic E-state index is 12.1. The molecule has 0 saturated heterocycles. The van der Waals surface area contributed by atoms with Crippen LogP contribution in [0.5, 0.6) is 5.75 Å². The van der Waals surface area contributed by atoms with Crippen LogP contribution < -0.4 is 10.1 Å². The van der Waals surface area contributed by atoms with Crippen LogP contribution in [-0.4, -0.2) is 37.3 Å². The molecule has 1 amide bonds. The molecule has 1 aliphatic rings. The van der Waals surface area contributed by atoms with Gasteiger partial charge in [-0.2, -0.15) is 0 Å². The third kappa shape index (κ3) is 4.46. The lowest BCUT2D eigenvalue weighted by molar-refractivity contribution is -0.141. The highest BCUT2D eigenvalue weighted by atomic mass is 16.5. The zero-order valence-corrected chi connectivity index (χ0v) is 12.6. The van der Waals surface area contributed by atoms with E-state index < -0.39 is 11.9 Å². The molecule has 6 heteroatoms. The standard InChI is InChI=1S/C16H21NO5/c1-21-8-9-22-14-6-4-13(5-7-14)17-15(18)11-2-3-12(10-11)16(19)20/h4-7,11-12H,2-3,8-10H2,1H3,(H,17,18)(H,19,20)/t11-,12+/m1/s1. The van der Waals surface area contributed by atoms with E-state index in [4.69, 9.17) is 14.6 Å². The molecule has 1 fully saturated rings. The number of carbonyl (C=O) groups is 2. The Kier molecular flexibility index (Phi) is 5.77. The second kappa shape index (κ2) is 7.79. The van der Waals surface area contributed by atoms with Crippen molar-refractivity contribution >= 4 is 17.6 Å². The summed E-state index contributed by atoms with van der Waals surface area (Å²) in [4.78, 5) is 23.0. The maximum Gasteiger partial charge on any atom is 0.306 e. The summed E-state index contributed by atoms with van der Waals surface area (Å²) < 4.78 is 10.3. The largest absolute Gasteiger partial charge is 0.491 e. The van der Waals surface area contributed by atoms with Gasteiger partial charge < -0.3 is 19.9 Å². The Morgan fingerprint density at radius 2 is 1.86 bits per heavy atom. The van der Waals surface area contributed by atoms with Crippen molar-refractivity contribution < 1.29 is 24.2 Å². The first-order chi connectivity index (χ1) is 10.6. The van der Waals surface area contributed by atoms with Crippen LogP contribution in [0.4, 0.5) is 5.69 Å². The molecule has 6 nitrogen and oxygen atoms in total. The van der Waals surface area contributed by atoms with Gasteiger partial charge in [0.05, 0.1) is 12.5 Å². The molecular formula is C16H21NO5. The van der Waals surface area contributed by atoms with E-state index in [-0.39, 0.29) is 11.8 Å². The molecule has 1 aliphatic carbocycles. The summed E-state index contributed by atoms with van der Waals surface area (Å²) in [7, 11) is 1.61. The number of carboxylic acids is 1. The number of rotatable bonds is 7. The van der Waals surface area contributed by atoms with Crippen LogP contribution in [0.2, 0.25) is 0 Å². The summed E-state index contributed by atoms with van der Waals surface area (Å²) in [5, 5.41) is 11.8. The first kappa shape index (κ1) is 16.3. The Balaban J connectivity index is 1.83. The predicted octanol–water partition coefficient (Wildman–Crippen LogP) is 2.15. The minimum absolute atomic E-state index is 0.114. The fraction of sp³-hybridized carbons (Fsp3) is 0.500. The number of carboxylic acid groups (broad SMARTS) is 1. The van der Waals surface area contributed by atoms with Gasteiger partial charge in [0.1, 0.15) is 12.4 Å². The van der Waals surface area contributed by atoms with Crippen LogP contribution in [0, 0.1) is 11.8 Å². The van der Waals surface area contributed by atoms with E-state index in [0.29, 0.717) is 43.9 Å². The van der Waals surface area contributed by atoms with Crippen molar-refractivity contribution in [3.05, 3.63) is 24.3 Å². The number of ether oxygens (including phenoxy) is 2. The zero-order chi connectivity index (χ0) is 15.9. The van der Waals surface area contributed by atoms with Crippen molar-refractivity contribution in [2.24, 2.45) is 11.8 Å². The minimum atomic E-state index is -0.812. The van der Waals surface area contributed by atoms with Crippen LogP contribution >= 0.6 is 0 Å². The highest BCUT2D eigenvalue weighted by molar-refractivity contribution is 5.93. The van der Waals surface area contributed by atoms with Crippen molar-refractivity contribution in [1.29, 1.82) is 0 Å². The number of nitrogens with one attached hydrogen (secondary N) is 1. The van der Waals surface area contributed by atoms with Gasteiger partial charge in [-0.25, -0.2) is 0 Å². The van der Waals surface area contributed by atoms with E-state index in [9.17, 15) is 9.59 Å². The van der Waals surface area contributed by atoms with E-state index in [2.05, 4.69) is 5.32 Å². The van der Waals surface area contributed by atoms with Crippen molar-refractivity contribution in [1.82, 2.24) is 0 Å². The predicted molar refractivity (Wildman–Crippen MR) is 80.9 cm³/mol. The lowest BCUT2D eigenvalue weighted by Crippen LogP contribution is -2.21. The van der Waals surface area contributed by atoms with E-state index in [0.717, 1.165) is 0 Å². The van der Waals surface area contributed by atoms with Crippen LogP contribution in [0.25, 0.3) is 0 Å². The van der Waals surface area contributed by atoms with Crippen LogP contribution in [0.1, 0.15) is 19.3 Å². The summed E-state index contributed by atoms with van der Waals surface area (Å²) in [6.45, 7) is 0.992. The van der Waals surface area contributed by atoms with E-state index in [1.54, 1.807) is 31.4 Å². The Bertz CT molecular complexity index is 514. The molecule has 0 bridgehead atoms. The second-order valence-electron chi connectivity index (χ2n) is 5.40. The summed E-state index contributed by atoms with van der Waals surface area (Å²) >= 11 is 0. The van der Waals surface area contributed by atoms with Crippen molar-refractivity contribution in [2.75, 3.05) is 25.6 Å². The Labute approximate surface area is 129 Å². The Morgan fingerprint density at radius 1 is 1.18 bits per heavy atom. The molecule has 0 heterocycles. The van der Waals surface area contributed by atoms with Crippen LogP contribution in [0.15, 0.2) is 24.3 Å². The molecule has 0 aliphatic heterocycles. The highest BCUT2D eigenvalue weighted by Gasteiger charge is 2.33. The molecule has 0 spiro atoms. The summed E-state index contributed by atoms with van der Waals surface area (Å²) in [5.41, 5.74) is 0.683. The topological polar surface area (TPSA) is 84.9 Å². The summed E-state index contributed by atoms with van der Waals surface area (Å²) in [6, 6.07) is 7.09. The first-order valence-electron chi connectivity index (χ1n) is 7.35. The van der Waals surface area contributed by atoms with Crippen molar-refractivity contribution in [3.8, 4) is 5.75 Å². The minimum Gasteiger partial charge on any atom is -0.491 e. The molecule has 2 N–H and O–H groups in total. The number of anilines is 1. The number of amides is 1. The lowest BCUT2D eigenvalue weighted by Gasteiger charge is -2.11. The van der Waals surface area contributed by atoms with Gasteiger partial charge in [0.2, 0.25) is 5.91 Å². The molecule has 1 aromatic carbocycles. The summed E-state index contributed by atoms with van der Waals surface area (Å²) in [5.74, 6) is -0.836. The third-order valence-corrected chi connectivity index (χ3v) is 3.83. The molecule has 0 unspecified atom stereocenters. The molecule has 120 valence electrons. The smallest absolute Gasteiger partial charge is 0.306 e. The summed E-state index contributed by atoms with van der Waals surface area (Å²) in [6.07, 6.45) is 1.61. The Morgan fingerprint density at radius 3 is 2.45 bits per heavy atom. The van der Waals surface area contributed by atoms with E-state index in [1.165, 1.54) is 0 Å². The normalized spacial score (nSPS) is 20.6. The number of methoxy groups -OCH3 is 1. The monoisotopic (exact) mass is 307 g/mol. The molecule has 1 saturated carbocycles. The van der Waals surface area contributed by atoms with Gasteiger partial charge in [0.25, 0.3) is 0 Å². The van der Waals surface area contributed by atoms with Crippen molar-refractivity contribution in [2.45, 2.75) is 19.3 Å². The number of aliphatic carboxylic acids is 1. The maximum absolute atomic E-state index is 12.1. The molecule has 1 aromatic rings. The van der Waals surface area contributed by atoms with E-state index >= 15 is 0 Å². The quantitative estimate of drug-likeness (QED) is 0.754. The Hall–Kier alpha value is -2.08. The van der Waals surface area contributed by atoms with E-state index in [1.807, 2.05) is 0 Å². The molecule has 2 rings (SSSR count). The fourth-order valence-electron chi connectivity index (χ4n) is 2.57. The fourth-order valence-corrected chi connectivity index (χ4v) is 2.57. The van der Waals surface area contributed by atoms with Crippen LogP contribution in [0.3, 0.4) is 0 Å². The second-order valence-corrected chi connectivity index (χ2v) is 5.40. The number of benzene rings is 1. The van der Waals surface area contributed by atoms with Gasteiger partial charge >= 0.3 is 5.97 Å². The third-order valence-electron chi connectivity index (χ3n) is 3.83. The van der Waals surface area contributed by atoms with Gasteiger partial charge in [-0.3, -0.25) is 9.59 Å². The van der Waals surface area contributed by atoms with Gasteiger partial charge in [0, 0.05) is 18.7 Å². The van der Waals surface area contributed by atoms with Gasteiger partial charge in [0.15, 0.2) is 0 Å². The number of hydrogen-bond acceptors (Lipinski definition) is 4. The lowest BCUT2D eigenvalue weighted by atomic mass is 10.0. The molecular weight excluding hydrogens is 286 g/mol. The highest BCUT2D eigenvalue weighted by Crippen LogP contribution is 2.32. The SMILES string of the molecule is COCCOc1ccc(NC(=O)[C@@H]2CC[C@H](C(=O)O)C2)cc1. The first-order valence-corrected chi connectivity index (χ1v) is 7.35. The van der Waals surface area contributed by atoms with Crippen LogP contribution in [-0.2, 0) is 14.3 Å². The van der Waals surface area contributed by atoms with Gasteiger partial charge in [-0.1, -0.05) is 0 Å².